The Hall–Kier alpha value is -2.84. The van der Waals surface area contributed by atoms with Gasteiger partial charge in [-0.2, -0.15) is 0 Å². The molecule has 178 valence electrons. The van der Waals surface area contributed by atoms with Crippen LogP contribution in [0, 0.1) is 0 Å². The molecule has 0 unspecified atom stereocenters. The van der Waals surface area contributed by atoms with Crippen LogP contribution < -0.4 is 20.1 Å². The van der Waals surface area contributed by atoms with Crippen LogP contribution in [0.4, 0.5) is 11.4 Å². The molecule has 0 heterocycles. The summed E-state index contributed by atoms with van der Waals surface area (Å²) in [6, 6.07) is 17.6. The number of amides is 2. The van der Waals surface area contributed by atoms with Crippen LogP contribution >= 0.6 is 31.9 Å². The molecule has 0 aromatic heterocycles. The van der Waals surface area contributed by atoms with E-state index in [4.69, 9.17) is 9.47 Å². The van der Waals surface area contributed by atoms with Crippen LogP contribution in [0.5, 0.6) is 11.5 Å². The zero-order valence-electron chi connectivity index (χ0n) is 19.0. The molecule has 2 amide bonds. The molecule has 8 heteroatoms. The van der Waals surface area contributed by atoms with Gasteiger partial charge in [0.25, 0.3) is 11.8 Å². The van der Waals surface area contributed by atoms with Gasteiger partial charge in [0, 0.05) is 20.3 Å². The number of carbonyl (C=O) groups is 2. The lowest BCUT2D eigenvalue weighted by atomic mass is 10.1. The third kappa shape index (κ3) is 7.08. The van der Waals surface area contributed by atoms with Crippen molar-refractivity contribution < 1.29 is 19.1 Å². The van der Waals surface area contributed by atoms with Gasteiger partial charge in [-0.1, -0.05) is 45.7 Å². The topological polar surface area (TPSA) is 76.7 Å². The number of nitrogens with one attached hydrogen (secondary N) is 2. The molecule has 2 N–H and O–H groups in total. The van der Waals surface area contributed by atoms with Crippen molar-refractivity contribution in [2.75, 3.05) is 23.8 Å². The van der Waals surface area contributed by atoms with E-state index < -0.39 is 0 Å². The van der Waals surface area contributed by atoms with Crippen LogP contribution in [-0.2, 0) is 0 Å². The minimum Gasteiger partial charge on any atom is -0.493 e. The summed E-state index contributed by atoms with van der Waals surface area (Å²) in [5, 5.41) is 5.75. The van der Waals surface area contributed by atoms with Crippen molar-refractivity contribution >= 4 is 55.0 Å². The van der Waals surface area contributed by atoms with E-state index in [1.165, 1.54) is 0 Å². The second-order valence-corrected chi connectivity index (χ2v) is 9.29. The van der Waals surface area contributed by atoms with Crippen molar-refractivity contribution in [3.05, 3.63) is 80.7 Å². The van der Waals surface area contributed by atoms with Crippen LogP contribution in [0.15, 0.2) is 69.6 Å². The van der Waals surface area contributed by atoms with E-state index in [2.05, 4.69) is 42.5 Å². The van der Waals surface area contributed by atoms with E-state index in [1.807, 2.05) is 26.0 Å². The second kappa shape index (κ2) is 12.6. The molecule has 0 radical (unpaired) electrons. The smallest absolute Gasteiger partial charge is 0.259 e. The van der Waals surface area contributed by atoms with Crippen LogP contribution in [0.2, 0.25) is 0 Å². The van der Waals surface area contributed by atoms with Crippen molar-refractivity contribution in [3.63, 3.8) is 0 Å². The molecule has 0 aliphatic heterocycles. The number of hydrogen-bond donors (Lipinski definition) is 2. The first-order valence-electron chi connectivity index (χ1n) is 11.0. The molecule has 3 aromatic rings. The van der Waals surface area contributed by atoms with Gasteiger partial charge in [-0.3, -0.25) is 9.59 Å². The average Bonchev–Trinajstić information content (AvgIpc) is 2.83. The van der Waals surface area contributed by atoms with Crippen LogP contribution in [0.3, 0.4) is 0 Å². The van der Waals surface area contributed by atoms with E-state index in [1.54, 1.807) is 48.5 Å². The molecular formula is C26H26Br2N2O4. The Morgan fingerprint density at radius 1 is 0.676 bits per heavy atom. The molecule has 3 rings (SSSR count). The zero-order chi connectivity index (χ0) is 24.5. The first kappa shape index (κ1) is 25.8. The lowest BCUT2D eigenvalue weighted by Gasteiger charge is -2.13. The highest BCUT2D eigenvalue weighted by Gasteiger charge is 2.16. The predicted molar refractivity (Wildman–Crippen MR) is 142 cm³/mol. The lowest BCUT2D eigenvalue weighted by molar-refractivity contribution is 0.101. The Bertz CT molecular complexity index is 1060. The highest BCUT2D eigenvalue weighted by Crippen LogP contribution is 2.27. The predicted octanol–water partition coefficient (Wildman–Crippen LogP) is 7.29. The van der Waals surface area contributed by atoms with Crippen molar-refractivity contribution in [1.82, 2.24) is 0 Å². The number of halogens is 2. The fraction of sp³-hybridized carbons (Fsp3) is 0.231. The minimum atomic E-state index is -0.281. The summed E-state index contributed by atoms with van der Waals surface area (Å²) >= 11 is 6.81. The summed E-state index contributed by atoms with van der Waals surface area (Å²) in [4.78, 5) is 25.7. The molecule has 0 saturated heterocycles. The standard InChI is InChI=1S/C26H26Br2N2O4/c1-3-13-33-23-11-5-17(27)15-21(23)25(31)29-19-7-9-20(10-8-19)30-26(32)22-16-18(28)6-12-24(22)34-14-4-2/h5-12,15-16H,3-4,13-14H2,1-2H3,(H,29,31)(H,30,32). The summed E-state index contributed by atoms with van der Waals surface area (Å²) in [5.41, 5.74) is 2.07. The van der Waals surface area contributed by atoms with E-state index in [0.29, 0.717) is 47.2 Å². The number of ether oxygens (including phenoxy) is 2. The van der Waals surface area contributed by atoms with E-state index in [9.17, 15) is 9.59 Å². The Morgan fingerprint density at radius 3 is 1.41 bits per heavy atom. The summed E-state index contributed by atoms with van der Waals surface area (Å²) in [6.45, 7) is 5.07. The van der Waals surface area contributed by atoms with Crippen LogP contribution in [0.25, 0.3) is 0 Å². The molecule has 0 fully saturated rings. The van der Waals surface area contributed by atoms with E-state index >= 15 is 0 Å². The van der Waals surface area contributed by atoms with Crippen molar-refractivity contribution in [3.8, 4) is 11.5 Å². The van der Waals surface area contributed by atoms with Crippen molar-refractivity contribution in [1.29, 1.82) is 0 Å². The maximum Gasteiger partial charge on any atom is 0.259 e. The molecule has 0 atom stereocenters. The maximum atomic E-state index is 12.9. The van der Waals surface area contributed by atoms with Crippen LogP contribution in [-0.4, -0.2) is 25.0 Å². The largest absolute Gasteiger partial charge is 0.493 e. The summed E-state index contributed by atoms with van der Waals surface area (Å²) in [7, 11) is 0. The fourth-order valence-electron chi connectivity index (χ4n) is 3.07. The lowest BCUT2D eigenvalue weighted by Crippen LogP contribution is -2.15. The molecule has 6 nitrogen and oxygen atoms in total. The molecule has 0 bridgehead atoms. The van der Waals surface area contributed by atoms with Gasteiger partial charge in [-0.25, -0.2) is 0 Å². The number of anilines is 2. The summed E-state index contributed by atoms with van der Waals surface area (Å²) < 4.78 is 13.0. The summed E-state index contributed by atoms with van der Waals surface area (Å²) in [6.07, 6.45) is 1.69. The molecule has 0 aliphatic rings. The van der Waals surface area contributed by atoms with Gasteiger partial charge >= 0.3 is 0 Å². The van der Waals surface area contributed by atoms with Crippen molar-refractivity contribution in [2.45, 2.75) is 26.7 Å². The molecule has 0 spiro atoms. The van der Waals surface area contributed by atoms with E-state index in [-0.39, 0.29) is 11.8 Å². The van der Waals surface area contributed by atoms with Gasteiger partial charge in [-0.05, 0) is 73.5 Å². The molecule has 34 heavy (non-hydrogen) atoms. The second-order valence-electron chi connectivity index (χ2n) is 7.46. The van der Waals surface area contributed by atoms with Crippen molar-refractivity contribution in [2.24, 2.45) is 0 Å². The van der Waals surface area contributed by atoms with Crippen LogP contribution in [0.1, 0.15) is 47.4 Å². The SMILES string of the molecule is CCCOc1ccc(Br)cc1C(=O)Nc1ccc(NC(=O)c2cc(Br)ccc2OCCC)cc1. The zero-order valence-corrected chi connectivity index (χ0v) is 22.2. The number of carbonyl (C=O) groups excluding carboxylic acids is 2. The monoisotopic (exact) mass is 588 g/mol. The molecular weight excluding hydrogens is 564 g/mol. The third-order valence-corrected chi connectivity index (χ3v) is 5.68. The van der Waals surface area contributed by atoms with Gasteiger partial charge in [-0.15, -0.1) is 0 Å². The van der Waals surface area contributed by atoms with E-state index in [0.717, 1.165) is 21.8 Å². The molecule has 0 saturated carbocycles. The van der Waals surface area contributed by atoms with Gasteiger partial charge in [0.1, 0.15) is 11.5 Å². The summed E-state index contributed by atoms with van der Waals surface area (Å²) in [5.74, 6) is 0.496. The average molecular weight is 590 g/mol. The number of benzene rings is 3. The van der Waals surface area contributed by atoms with Gasteiger partial charge < -0.3 is 20.1 Å². The minimum absolute atomic E-state index is 0.281. The molecule has 3 aromatic carbocycles. The normalized spacial score (nSPS) is 10.5. The maximum absolute atomic E-state index is 12.9. The highest BCUT2D eigenvalue weighted by molar-refractivity contribution is 9.10. The van der Waals surface area contributed by atoms with Gasteiger partial charge in [0.2, 0.25) is 0 Å². The quantitative estimate of drug-likeness (QED) is 0.260. The Balaban J connectivity index is 1.70. The number of rotatable bonds is 10. The Morgan fingerprint density at radius 2 is 1.06 bits per heavy atom. The van der Waals surface area contributed by atoms with Gasteiger partial charge in [0.15, 0.2) is 0 Å². The Labute approximate surface area is 216 Å². The Kier molecular flexibility index (Phi) is 9.53. The third-order valence-electron chi connectivity index (χ3n) is 4.70. The molecule has 0 aliphatic carbocycles. The first-order chi connectivity index (χ1) is 16.4. The number of hydrogen-bond acceptors (Lipinski definition) is 4. The van der Waals surface area contributed by atoms with Gasteiger partial charge in [0.05, 0.1) is 24.3 Å². The highest BCUT2D eigenvalue weighted by atomic mass is 79.9. The first-order valence-corrected chi connectivity index (χ1v) is 12.6. The fourth-order valence-corrected chi connectivity index (χ4v) is 3.79.